The van der Waals surface area contributed by atoms with E-state index < -0.39 is 9.84 Å². The van der Waals surface area contributed by atoms with Gasteiger partial charge in [-0.15, -0.1) is 0 Å². The fourth-order valence-electron chi connectivity index (χ4n) is 1.28. The Morgan fingerprint density at radius 1 is 1.50 bits per heavy atom. The molecule has 0 aliphatic heterocycles. The van der Waals surface area contributed by atoms with Gasteiger partial charge in [-0.3, -0.25) is 0 Å². The quantitative estimate of drug-likeness (QED) is 0.606. The summed E-state index contributed by atoms with van der Waals surface area (Å²) in [7, 11) is -2.81. The topological polar surface area (TPSA) is 72.2 Å². The number of sulfone groups is 1. The van der Waals surface area contributed by atoms with Crippen LogP contribution in [0.25, 0.3) is 0 Å². The van der Waals surface area contributed by atoms with E-state index in [0.717, 1.165) is 12.8 Å². The van der Waals surface area contributed by atoms with Gasteiger partial charge in [0.05, 0.1) is 5.75 Å². The molecule has 0 spiro atoms. The van der Waals surface area contributed by atoms with Crippen LogP contribution in [0.4, 0.5) is 0 Å². The first-order chi connectivity index (χ1) is 5.47. The molecule has 12 heavy (non-hydrogen) atoms. The van der Waals surface area contributed by atoms with E-state index in [4.69, 9.17) is 5.73 Å². The minimum atomic E-state index is -2.81. The zero-order valence-corrected chi connectivity index (χ0v) is 8.10. The molecule has 5 heteroatoms. The fraction of sp³-hybridized carbons (Fsp3) is 1.00. The maximum atomic E-state index is 10.7. The van der Waals surface area contributed by atoms with E-state index in [1.807, 2.05) is 0 Å². The predicted molar refractivity (Wildman–Crippen MR) is 48.7 cm³/mol. The van der Waals surface area contributed by atoms with E-state index in [1.165, 1.54) is 6.26 Å². The van der Waals surface area contributed by atoms with Crippen molar-refractivity contribution in [2.75, 3.05) is 18.6 Å². The number of rotatable bonds is 4. The second kappa shape index (κ2) is 3.72. The number of hydrogen-bond acceptors (Lipinski definition) is 4. The van der Waals surface area contributed by atoms with Crippen LogP contribution in [0.2, 0.25) is 0 Å². The van der Waals surface area contributed by atoms with Crippen LogP contribution in [0.15, 0.2) is 0 Å². The average Bonchev–Trinajstić information content (AvgIpc) is 1.81. The largest absolute Gasteiger partial charge is 0.328 e. The number of nitrogens with two attached hydrogens (primary N) is 1. The molecule has 1 aliphatic carbocycles. The van der Waals surface area contributed by atoms with Crippen LogP contribution in [-0.2, 0) is 9.84 Å². The smallest absolute Gasteiger partial charge is 0.148 e. The molecule has 0 amide bonds. The normalized spacial score (nSPS) is 29.8. The molecule has 1 aliphatic rings. The van der Waals surface area contributed by atoms with E-state index in [-0.39, 0.29) is 5.75 Å². The molecule has 0 radical (unpaired) electrons. The lowest BCUT2D eigenvalue weighted by Gasteiger charge is -2.33. The van der Waals surface area contributed by atoms with E-state index in [9.17, 15) is 8.42 Å². The van der Waals surface area contributed by atoms with Gasteiger partial charge in [0.1, 0.15) is 9.84 Å². The highest BCUT2D eigenvalue weighted by atomic mass is 32.2. The SMILES string of the molecule is CS(=O)(=O)CCNC1CC(N)C1. The molecule has 1 rings (SSSR count). The lowest BCUT2D eigenvalue weighted by molar-refractivity contribution is 0.297. The molecule has 1 fully saturated rings. The molecular weight excluding hydrogens is 176 g/mol. The van der Waals surface area contributed by atoms with Crippen molar-refractivity contribution in [3.63, 3.8) is 0 Å². The molecule has 3 N–H and O–H groups in total. The van der Waals surface area contributed by atoms with Gasteiger partial charge in [0, 0.05) is 24.9 Å². The van der Waals surface area contributed by atoms with Crippen LogP contribution in [-0.4, -0.2) is 39.1 Å². The van der Waals surface area contributed by atoms with Gasteiger partial charge in [-0.2, -0.15) is 0 Å². The Bertz CT molecular complexity index is 232. The van der Waals surface area contributed by atoms with Crippen molar-refractivity contribution < 1.29 is 8.42 Å². The molecule has 0 saturated heterocycles. The number of nitrogens with one attached hydrogen (secondary N) is 1. The standard InChI is InChI=1S/C7H16N2O2S/c1-12(10,11)3-2-9-7-4-6(8)5-7/h6-7,9H,2-5,8H2,1H3. The molecule has 0 atom stereocenters. The van der Waals surface area contributed by atoms with Crippen LogP contribution in [0, 0.1) is 0 Å². The van der Waals surface area contributed by atoms with Crippen molar-refractivity contribution in [1.29, 1.82) is 0 Å². The van der Waals surface area contributed by atoms with Gasteiger partial charge >= 0.3 is 0 Å². The lowest BCUT2D eigenvalue weighted by atomic mass is 9.88. The van der Waals surface area contributed by atoms with Gasteiger partial charge < -0.3 is 11.1 Å². The molecule has 72 valence electrons. The molecular formula is C7H16N2O2S. The Labute approximate surface area is 73.4 Å². The fourth-order valence-corrected chi connectivity index (χ4v) is 1.77. The van der Waals surface area contributed by atoms with Crippen LogP contribution >= 0.6 is 0 Å². The summed E-state index contributed by atoms with van der Waals surface area (Å²) in [5, 5.41) is 3.15. The van der Waals surface area contributed by atoms with Crippen LogP contribution in [0.1, 0.15) is 12.8 Å². The van der Waals surface area contributed by atoms with Crippen LogP contribution in [0.5, 0.6) is 0 Å². The molecule has 0 bridgehead atoms. The second-order valence-electron chi connectivity index (χ2n) is 3.51. The second-order valence-corrected chi connectivity index (χ2v) is 5.77. The molecule has 0 heterocycles. The third-order valence-corrected chi connectivity index (χ3v) is 3.03. The minimum Gasteiger partial charge on any atom is -0.328 e. The Morgan fingerprint density at radius 2 is 2.08 bits per heavy atom. The molecule has 1 saturated carbocycles. The van der Waals surface area contributed by atoms with Gasteiger partial charge in [0.25, 0.3) is 0 Å². The summed E-state index contributed by atoms with van der Waals surface area (Å²) >= 11 is 0. The summed E-state index contributed by atoms with van der Waals surface area (Å²) in [5.41, 5.74) is 5.57. The molecule has 0 aromatic rings. The van der Waals surface area contributed by atoms with E-state index in [1.54, 1.807) is 0 Å². The summed E-state index contributed by atoms with van der Waals surface area (Å²) in [4.78, 5) is 0. The van der Waals surface area contributed by atoms with Crippen molar-refractivity contribution in [2.45, 2.75) is 24.9 Å². The van der Waals surface area contributed by atoms with E-state index in [0.29, 0.717) is 18.6 Å². The van der Waals surface area contributed by atoms with Crippen molar-refractivity contribution in [3.8, 4) is 0 Å². The highest BCUT2D eigenvalue weighted by Crippen LogP contribution is 2.16. The zero-order chi connectivity index (χ0) is 9.19. The third kappa shape index (κ3) is 3.51. The summed E-state index contributed by atoms with van der Waals surface area (Å²) in [5.74, 6) is 0.221. The van der Waals surface area contributed by atoms with Gasteiger partial charge in [-0.05, 0) is 12.8 Å². The Balaban J connectivity index is 2.04. The monoisotopic (exact) mass is 192 g/mol. The molecule has 0 unspecified atom stereocenters. The van der Waals surface area contributed by atoms with Crippen molar-refractivity contribution in [3.05, 3.63) is 0 Å². The highest BCUT2D eigenvalue weighted by Gasteiger charge is 2.24. The third-order valence-electron chi connectivity index (χ3n) is 2.08. The first-order valence-corrected chi connectivity index (χ1v) is 6.20. The highest BCUT2D eigenvalue weighted by molar-refractivity contribution is 7.90. The lowest BCUT2D eigenvalue weighted by Crippen LogP contribution is -2.49. The Hall–Kier alpha value is -0.130. The van der Waals surface area contributed by atoms with Crippen LogP contribution in [0.3, 0.4) is 0 Å². The molecule has 4 nitrogen and oxygen atoms in total. The maximum Gasteiger partial charge on any atom is 0.148 e. The predicted octanol–water partition coefficient (Wildman–Crippen LogP) is -0.890. The van der Waals surface area contributed by atoms with Gasteiger partial charge in [-0.25, -0.2) is 8.42 Å². The van der Waals surface area contributed by atoms with Gasteiger partial charge in [0.2, 0.25) is 0 Å². The Kier molecular flexibility index (Phi) is 3.09. The molecule has 0 aromatic heterocycles. The average molecular weight is 192 g/mol. The minimum absolute atomic E-state index is 0.221. The molecule has 0 aromatic carbocycles. The number of hydrogen-bond donors (Lipinski definition) is 2. The summed E-state index contributed by atoms with van der Waals surface area (Å²) in [6, 6.07) is 0.766. The zero-order valence-electron chi connectivity index (χ0n) is 7.29. The van der Waals surface area contributed by atoms with Crippen molar-refractivity contribution in [1.82, 2.24) is 5.32 Å². The van der Waals surface area contributed by atoms with Gasteiger partial charge in [0.15, 0.2) is 0 Å². The first kappa shape index (κ1) is 9.95. The summed E-state index contributed by atoms with van der Waals surface area (Å²) < 4.78 is 21.4. The first-order valence-electron chi connectivity index (χ1n) is 4.14. The summed E-state index contributed by atoms with van der Waals surface area (Å²) in [6.45, 7) is 0.552. The van der Waals surface area contributed by atoms with E-state index >= 15 is 0 Å². The van der Waals surface area contributed by atoms with Crippen molar-refractivity contribution in [2.24, 2.45) is 5.73 Å². The van der Waals surface area contributed by atoms with Gasteiger partial charge in [-0.1, -0.05) is 0 Å². The summed E-state index contributed by atoms with van der Waals surface area (Å²) in [6.07, 6.45) is 3.20. The Morgan fingerprint density at radius 3 is 2.50 bits per heavy atom. The van der Waals surface area contributed by atoms with Crippen molar-refractivity contribution >= 4 is 9.84 Å². The maximum absolute atomic E-state index is 10.7. The van der Waals surface area contributed by atoms with E-state index in [2.05, 4.69) is 5.32 Å². The van der Waals surface area contributed by atoms with Crippen LogP contribution < -0.4 is 11.1 Å².